The number of non-ortho nitro benzene ring substituents is 1. The summed E-state index contributed by atoms with van der Waals surface area (Å²) < 4.78 is 0. The van der Waals surface area contributed by atoms with E-state index >= 15 is 0 Å². The molecule has 0 heterocycles. The molecule has 5 nitrogen and oxygen atoms in total. The van der Waals surface area contributed by atoms with Crippen LogP contribution < -0.4 is 5.32 Å². The standard InChI is InChI=1S/C15H20N2O3S/c1-21-14-4-2-3-12(10-14)16-15(18)9-11-5-7-13(8-6-11)17(19)20/h5-8,12,14H,2-4,9-10H2,1H3,(H,16,18)/t12-,14-/m1/s1. The molecular weight excluding hydrogens is 288 g/mol. The van der Waals surface area contributed by atoms with Crippen LogP contribution in [0.5, 0.6) is 0 Å². The number of carbonyl (C=O) groups is 1. The molecule has 1 saturated carbocycles. The van der Waals surface area contributed by atoms with E-state index < -0.39 is 4.92 Å². The fraction of sp³-hybridized carbons (Fsp3) is 0.533. The zero-order chi connectivity index (χ0) is 15.2. The maximum Gasteiger partial charge on any atom is 0.269 e. The molecule has 1 aromatic carbocycles. The second kappa shape index (κ2) is 7.45. The SMILES string of the molecule is CS[C@@H]1CCC[C@@H](NC(=O)Cc2ccc([N+](=O)[O-])cc2)C1. The lowest BCUT2D eigenvalue weighted by atomic mass is 9.94. The van der Waals surface area contributed by atoms with Crippen LogP contribution >= 0.6 is 11.8 Å². The van der Waals surface area contributed by atoms with E-state index in [0.29, 0.717) is 5.25 Å². The van der Waals surface area contributed by atoms with E-state index in [1.807, 2.05) is 11.8 Å². The number of nitro benzene ring substituents is 1. The third-order valence-electron chi connectivity index (χ3n) is 3.84. The molecule has 1 aliphatic rings. The van der Waals surface area contributed by atoms with Gasteiger partial charge in [-0.05, 0) is 31.1 Å². The Bertz CT molecular complexity index is 504. The predicted molar refractivity (Wildman–Crippen MR) is 84.5 cm³/mol. The topological polar surface area (TPSA) is 72.2 Å². The van der Waals surface area contributed by atoms with Crippen LogP contribution in [-0.4, -0.2) is 28.4 Å². The first kappa shape index (κ1) is 15.8. The highest BCUT2D eigenvalue weighted by Crippen LogP contribution is 2.26. The van der Waals surface area contributed by atoms with Gasteiger partial charge in [0, 0.05) is 23.4 Å². The van der Waals surface area contributed by atoms with E-state index in [1.54, 1.807) is 12.1 Å². The van der Waals surface area contributed by atoms with Crippen molar-refractivity contribution in [3.8, 4) is 0 Å². The van der Waals surface area contributed by atoms with Crippen molar-refractivity contribution in [3.63, 3.8) is 0 Å². The molecule has 2 atom stereocenters. The Morgan fingerprint density at radius 1 is 1.38 bits per heavy atom. The molecular formula is C15H20N2O3S. The molecule has 1 amide bonds. The lowest BCUT2D eigenvalue weighted by molar-refractivity contribution is -0.384. The summed E-state index contributed by atoms with van der Waals surface area (Å²) in [4.78, 5) is 22.2. The minimum Gasteiger partial charge on any atom is -0.353 e. The number of hydrogen-bond donors (Lipinski definition) is 1. The van der Waals surface area contributed by atoms with E-state index in [9.17, 15) is 14.9 Å². The van der Waals surface area contributed by atoms with Crippen molar-refractivity contribution in [3.05, 3.63) is 39.9 Å². The van der Waals surface area contributed by atoms with Gasteiger partial charge in [-0.2, -0.15) is 11.8 Å². The molecule has 0 saturated heterocycles. The molecule has 1 aromatic rings. The van der Waals surface area contributed by atoms with Crippen LogP contribution in [0.4, 0.5) is 5.69 Å². The Labute approximate surface area is 128 Å². The van der Waals surface area contributed by atoms with E-state index in [1.165, 1.54) is 18.6 Å². The lowest BCUT2D eigenvalue weighted by Crippen LogP contribution is -2.39. The highest BCUT2D eigenvalue weighted by Gasteiger charge is 2.22. The highest BCUT2D eigenvalue weighted by molar-refractivity contribution is 7.99. The number of thioether (sulfide) groups is 1. The van der Waals surface area contributed by atoms with Gasteiger partial charge in [0.2, 0.25) is 5.91 Å². The second-order valence-corrected chi connectivity index (χ2v) is 6.53. The number of nitrogens with zero attached hydrogens (tertiary/aromatic N) is 1. The van der Waals surface area contributed by atoms with Crippen LogP contribution in [0.2, 0.25) is 0 Å². The number of rotatable bonds is 5. The van der Waals surface area contributed by atoms with Gasteiger partial charge in [0.1, 0.15) is 0 Å². The third kappa shape index (κ3) is 4.74. The van der Waals surface area contributed by atoms with Crippen LogP contribution in [0.1, 0.15) is 31.2 Å². The summed E-state index contributed by atoms with van der Waals surface area (Å²) in [6, 6.07) is 6.42. The van der Waals surface area contributed by atoms with E-state index in [-0.39, 0.29) is 24.1 Å². The van der Waals surface area contributed by atoms with Crippen LogP contribution in [0.3, 0.4) is 0 Å². The Kier molecular flexibility index (Phi) is 5.61. The first-order valence-electron chi connectivity index (χ1n) is 7.14. The molecule has 0 bridgehead atoms. The fourth-order valence-corrected chi connectivity index (χ4v) is 3.52. The molecule has 1 aliphatic carbocycles. The van der Waals surface area contributed by atoms with Crippen molar-refractivity contribution in [2.24, 2.45) is 0 Å². The summed E-state index contributed by atoms with van der Waals surface area (Å²) in [6.07, 6.45) is 6.87. The summed E-state index contributed by atoms with van der Waals surface area (Å²) in [7, 11) is 0. The number of nitrogens with one attached hydrogen (secondary N) is 1. The molecule has 114 valence electrons. The van der Waals surface area contributed by atoms with Gasteiger partial charge in [-0.25, -0.2) is 0 Å². The normalized spacial score (nSPS) is 21.8. The molecule has 0 radical (unpaired) electrons. The van der Waals surface area contributed by atoms with Crippen molar-refractivity contribution in [2.75, 3.05) is 6.26 Å². The largest absolute Gasteiger partial charge is 0.353 e. The van der Waals surface area contributed by atoms with Crippen LogP contribution in [0.25, 0.3) is 0 Å². The van der Waals surface area contributed by atoms with E-state index in [0.717, 1.165) is 24.8 Å². The molecule has 0 unspecified atom stereocenters. The molecule has 0 aromatic heterocycles. The van der Waals surface area contributed by atoms with Gasteiger partial charge in [0.25, 0.3) is 5.69 Å². The Morgan fingerprint density at radius 2 is 2.10 bits per heavy atom. The van der Waals surface area contributed by atoms with Crippen molar-refractivity contribution < 1.29 is 9.72 Å². The zero-order valence-corrected chi connectivity index (χ0v) is 12.9. The number of amides is 1. The number of carbonyl (C=O) groups excluding carboxylic acids is 1. The van der Waals surface area contributed by atoms with Gasteiger partial charge in [-0.15, -0.1) is 0 Å². The monoisotopic (exact) mass is 308 g/mol. The van der Waals surface area contributed by atoms with Crippen molar-refractivity contribution in [1.29, 1.82) is 0 Å². The van der Waals surface area contributed by atoms with Crippen LogP contribution in [0, 0.1) is 10.1 Å². The molecule has 0 aliphatic heterocycles. The summed E-state index contributed by atoms with van der Waals surface area (Å²) in [5.41, 5.74) is 0.851. The van der Waals surface area contributed by atoms with Gasteiger partial charge in [-0.3, -0.25) is 14.9 Å². The second-order valence-electron chi connectivity index (χ2n) is 5.39. The van der Waals surface area contributed by atoms with Gasteiger partial charge in [0.15, 0.2) is 0 Å². The summed E-state index contributed by atoms with van der Waals surface area (Å²) >= 11 is 1.87. The van der Waals surface area contributed by atoms with Crippen molar-refractivity contribution >= 4 is 23.4 Å². The molecule has 21 heavy (non-hydrogen) atoms. The van der Waals surface area contributed by atoms with Crippen molar-refractivity contribution in [2.45, 2.75) is 43.4 Å². The van der Waals surface area contributed by atoms with Crippen LogP contribution in [-0.2, 0) is 11.2 Å². The Morgan fingerprint density at radius 3 is 2.71 bits per heavy atom. The zero-order valence-electron chi connectivity index (χ0n) is 12.1. The molecule has 2 rings (SSSR count). The van der Waals surface area contributed by atoms with Crippen molar-refractivity contribution in [1.82, 2.24) is 5.32 Å². The van der Waals surface area contributed by atoms with Gasteiger partial charge in [-0.1, -0.05) is 18.6 Å². The number of hydrogen-bond acceptors (Lipinski definition) is 4. The Balaban J connectivity index is 1.85. The van der Waals surface area contributed by atoms with Crippen LogP contribution in [0.15, 0.2) is 24.3 Å². The summed E-state index contributed by atoms with van der Waals surface area (Å²) in [6.45, 7) is 0. The summed E-state index contributed by atoms with van der Waals surface area (Å²) in [5, 5.41) is 14.3. The van der Waals surface area contributed by atoms with Gasteiger partial charge < -0.3 is 5.32 Å². The lowest BCUT2D eigenvalue weighted by Gasteiger charge is -2.28. The van der Waals surface area contributed by atoms with Gasteiger partial charge >= 0.3 is 0 Å². The van der Waals surface area contributed by atoms with Gasteiger partial charge in [0.05, 0.1) is 11.3 Å². The predicted octanol–water partition coefficient (Wildman–Crippen LogP) is 2.93. The molecule has 6 heteroatoms. The molecule has 1 fully saturated rings. The molecule has 1 N–H and O–H groups in total. The number of benzene rings is 1. The quantitative estimate of drug-likeness (QED) is 0.670. The first-order chi connectivity index (χ1) is 10.1. The minimum atomic E-state index is -0.436. The molecule has 0 spiro atoms. The fourth-order valence-electron chi connectivity index (χ4n) is 2.69. The third-order valence-corrected chi connectivity index (χ3v) is 4.93. The summed E-state index contributed by atoms with van der Waals surface area (Å²) in [5.74, 6) is -0.00407. The first-order valence-corrected chi connectivity index (χ1v) is 8.42. The average Bonchev–Trinajstić information content (AvgIpc) is 2.47. The highest BCUT2D eigenvalue weighted by atomic mass is 32.2. The van der Waals surface area contributed by atoms with E-state index in [4.69, 9.17) is 0 Å². The number of nitro groups is 1. The average molecular weight is 308 g/mol. The smallest absolute Gasteiger partial charge is 0.269 e. The maximum atomic E-state index is 12.0. The Hall–Kier alpha value is -1.56. The minimum absolute atomic E-state index is 0.00407. The maximum absolute atomic E-state index is 12.0. The van der Waals surface area contributed by atoms with E-state index in [2.05, 4.69) is 11.6 Å².